The second kappa shape index (κ2) is 4.20. The van der Waals surface area contributed by atoms with Crippen LogP contribution in [0, 0.1) is 0 Å². The summed E-state index contributed by atoms with van der Waals surface area (Å²) in [5.41, 5.74) is 1.87. The Kier molecular flexibility index (Phi) is 2.55. The fourth-order valence-electron chi connectivity index (χ4n) is 1.84. The summed E-state index contributed by atoms with van der Waals surface area (Å²) in [6, 6.07) is 10.2. The largest absolute Gasteiger partial charge is 0.382 e. The minimum Gasteiger partial charge on any atom is -0.382 e. The Balaban J connectivity index is 1.62. The Morgan fingerprint density at radius 3 is 2.76 bits per heavy atom. The van der Waals surface area contributed by atoms with Crippen molar-refractivity contribution in [2.24, 2.45) is 5.16 Å². The summed E-state index contributed by atoms with van der Waals surface area (Å²) in [5.74, 6) is -0.0396. The van der Waals surface area contributed by atoms with Gasteiger partial charge in [0.15, 0.2) is 0 Å². The minimum absolute atomic E-state index is 0.0396. The van der Waals surface area contributed by atoms with Gasteiger partial charge in [-0.1, -0.05) is 35.5 Å². The number of carbonyl (C=O) groups excluding carboxylic acids is 1. The number of hydrogen-bond acceptors (Lipinski definition) is 3. The number of benzene rings is 1. The third-order valence-electron chi connectivity index (χ3n) is 2.99. The summed E-state index contributed by atoms with van der Waals surface area (Å²) in [7, 11) is 0. The number of amides is 1. The van der Waals surface area contributed by atoms with Crippen LogP contribution in [0.2, 0.25) is 0 Å². The molecule has 4 nitrogen and oxygen atoms in total. The minimum atomic E-state index is -0.453. The van der Waals surface area contributed by atoms with Crippen molar-refractivity contribution in [3.05, 3.63) is 35.9 Å². The highest BCUT2D eigenvalue weighted by Crippen LogP contribution is 2.21. The van der Waals surface area contributed by atoms with Crippen LogP contribution in [0.25, 0.3) is 0 Å². The molecular weight excluding hydrogens is 216 g/mol. The molecule has 1 N–H and O–H groups in total. The number of hydrogen-bond donors (Lipinski definition) is 1. The zero-order valence-corrected chi connectivity index (χ0v) is 9.43. The third kappa shape index (κ3) is 2.30. The second-order valence-corrected chi connectivity index (χ2v) is 4.49. The molecule has 0 saturated heterocycles. The average molecular weight is 230 g/mol. The molecule has 1 aliphatic carbocycles. The molecule has 1 unspecified atom stereocenters. The number of rotatable bonds is 3. The van der Waals surface area contributed by atoms with E-state index in [9.17, 15) is 4.79 Å². The number of nitrogens with zero attached hydrogens (tertiary/aromatic N) is 1. The fraction of sp³-hybridized carbons (Fsp3) is 0.385. The van der Waals surface area contributed by atoms with Gasteiger partial charge < -0.3 is 10.2 Å². The summed E-state index contributed by atoms with van der Waals surface area (Å²) < 4.78 is 0. The van der Waals surface area contributed by atoms with E-state index in [1.807, 2.05) is 30.3 Å². The quantitative estimate of drug-likeness (QED) is 0.854. The van der Waals surface area contributed by atoms with Crippen molar-refractivity contribution in [2.75, 3.05) is 0 Å². The van der Waals surface area contributed by atoms with Crippen LogP contribution < -0.4 is 5.32 Å². The van der Waals surface area contributed by atoms with Crippen molar-refractivity contribution in [3.8, 4) is 0 Å². The van der Waals surface area contributed by atoms with Crippen LogP contribution >= 0.6 is 0 Å². The fourth-order valence-corrected chi connectivity index (χ4v) is 1.84. The molecule has 3 rings (SSSR count). The lowest BCUT2D eigenvalue weighted by atomic mass is 10.0. The van der Waals surface area contributed by atoms with E-state index in [0.29, 0.717) is 12.5 Å². The Labute approximate surface area is 99.6 Å². The Bertz CT molecular complexity index is 452. The van der Waals surface area contributed by atoms with Crippen LogP contribution in [-0.4, -0.2) is 23.8 Å². The molecule has 1 saturated carbocycles. The lowest BCUT2D eigenvalue weighted by Crippen LogP contribution is -2.36. The molecule has 88 valence electrons. The number of oxime groups is 1. The Morgan fingerprint density at radius 1 is 1.29 bits per heavy atom. The van der Waals surface area contributed by atoms with Crippen molar-refractivity contribution in [1.82, 2.24) is 5.32 Å². The summed E-state index contributed by atoms with van der Waals surface area (Å²) in [6.45, 7) is 0. The second-order valence-electron chi connectivity index (χ2n) is 4.49. The van der Waals surface area contributed by atoms with Crippen molar-refractivity contribution in [1.29, 1.82) is 0 Å². The number of carbonyl (C=O) groups is 1. The van der Waals surface area contributed by atoms with Crippen molar-refractivity contribution in [3.63, 3.8) is 0 Å². The van der Waals surface area contributed by atoms with Gasteiger partial charge in [0, 0.05) is 12.5 Å². The van der Waals surface area contributed by atoms with Gasteiger partial charge in [0.25, 0.3) is 5.91 Å². The highest BCUT2D eigenvalue weighted by atomic mass is 16.6. The molecule has 17 heavy (non-hydrogen) atoms. The lowest BCUT2D eigenvalue weighted by molar-refractivity contribution is -0.131. The van der Waals surface area contributed by atoms with Crippen LogP contribution in [0.1, 0.15) is 24.8 Å². The maximum atomic E-state index is 11.8. The molecular formula is C13H14N2O2. The van der Waals surface area contributed by atoms with Gasteiger partial charge in [-0.05, 0) is 18.4 Å². The molecule has 0 spiro atoms. The van der Waals surface area contributed by atoms with Crippen LogP contribution in [0.3, 0.4) is 0 Å². The predicted molar refractivity (Wildman–Crippen MR) is 63.6 cm³/mol. The zero-order valence-electron chi connectivity index (χ0n) is 9.43. The van der Waals surface area contributed by atoms with Crippen LogP contribution in [-0.2, 0) is 9.63 Å². The third-order valence-corrected chi connectivity index (χ3v) is 2.99. The maximum absolute atomic E-state index is 11.8. The van der Waals surface area contributed by atoms with Crippen LogP contribution in [0.4, 0.5) is 0 Å². The first-order chi connectivity index (χ1) is 8.33. The lowest BCUT2D eigenvalue weighted by Gasteiger charge is -2.07. The summed E-state index contributed by atoms with van der Waals surface area (Å²) >= 11 is 0. The van der Waals surface area contributed by atoms with Gasteiger partial charge in [0.2, 0.25) is 6.10 Å². The molecule has 1 amide bonds. The zero-order chi connectivity index (χ0) is 11.7. The van der Waals surface area contributed by atoms with Crippen LogP contribution in [0.5, 0.6) is 0 Å². The molecule has 1 aromatic rings. The van der Waals surface area contributed by atoms with Gasteiger partial charge in [-0.25, -0.2) is 0 Å². The Morgan fingerprint density at radius 2 is 2.06 bits per heavy atom. The number of nitrogens with one attached hydrogen (secondary N) is 1. The highest BCUT2D eigenvalue weighted by Gasteiger charge is 2.32. The van der Waals surface area contributed by atoms with E-state index in [1.165, 1.54) is 0 Å². The normalized spacial score (nSPS) is 22.8. The predicted octanol–water partition coefficient (Wildman–Crippen LogP) is 1.46. The van der Waals surface area contributed by atoms with Crippen molar-refractivity contribution < 1.29 is 9.63 Å². The van der Waals surface area contributed by atoms with E-state index >= 15 is 0 Å². The first-order valence-corrected chi connectivity index (χ1v) is 5.91. The van der Waals surface area contributed by atoms with Gasteiger partial charge in [0.1, 0.15) is 0 Å². The molecule has 0 radical (unpaired) electrons. The molecule has 1 aliphatic heterocycles. The van der Waals surface area contributed by atoms with Gasteiger partial charge in [-0.3, -0.25) is 4.79 Å². The molecule has 1 heterocycles. The highest BCUT2D eigenvalue weighted by molar-refractivity contribution is 6.04. The van der Waals surface area contributed by atoms with Crippen molar-refractivity contribution >= 4 is 11.6 Å². The van der Waals surface area contributed by atoms with E-state index in [1.54, 1.807) is 0 Å². The summed E-state index contributed by atoms with van der Waals surface area (Å²) in [4.78, 5) is 16.9. The van der Waals surface area contributed by atoms with Gasteiger partial charge in [0.05, 0.1) is 5.71 Å². The first kappa shape index (κ1) is 10.3. The maximum Gasteiger partial charge on any atom is 0.264 e. The molecule has 1 atom stereocenters. The van der Waals surface area contributed by atoms with E-state index < -0.39 is 6.10 Å². The van der Waals surface area contributed by atoms with Crippen LogP contribution in [0.15, 0.2) is 35.5 Å². The average Bonchev–Trinajstić information content (AvgIpc) is 3.04. The molecule has 1 aromatic carbocycles. The van der Waals surface area contributed by atoms with Gasteiger partial charge >= 0.3 is 0 Å². The SMILES string of the molecule is O=C(NC1CC1)C1CC(c2ccccc2)=NO1. The topological polar surface area (TPSA) is 50.7 Å². The van der Waals surface area contributed by atoms with E-state index in [4.69, 9.17) is 4.84 Å². The first-order valence-electron chi connectivity index (χ1n) is 5.91. The smallest absolute Gasteiger partial charge is 0.264 e. The van der Waals surface area contributed by atoms with E-state index in [-0.39, 0.29) is 5.91 Å². The molecule has 4 heteroatoms. The standard InChI is InChI=1S/C13H14N2O2/c16-13(14-10-6-7-10)12-8-11(15-17-12)9-4-2-1-3-5-9/h1-5,10,12H,6-8H2,(H,14,16). The van der Waals surface area contributed by atoms with E-state index in [0.717, 1.165) is 24.1 Å². The molecule has 0 aromatic heterocycles. The molecule has 2 aliphatic rings. The molecule has 0 bridgehead atoms. The monoisotopic (exact) mass is 230 g/mol. The van der Waals surface area contributed by atoms with Gasteiger partial charge in [-0.2, -0.15) is 0 Å². The van der Waals surface area contributed by atoms with Crippen molar-refractivity contribution in [2.45, 2.75) is 31.4 Å². The summed E-state index contributed by atoms with van der Waals surface area (Å²) in [5, 5.41) is 6.92. The summed E-state index contributed by atoms with van der Waals surface area (Å²) in [6.07, 6.45) is 2.28. The Hall–Kier alpha value is -1.84. The molecule has 1 fully saturated rings. The van der Waals surface area contributed by atoms with Gasteiger partial charge in [-0.15, -0.1) is 0 Å². The van der Waals surface area contributed by atoms with E-state index in [2.05, 4.69) is 10.5 Å².